The van der Waals surface area contributed by atoms with E-state index >= 15 is 0 Å². The third kappa shape index (κ3) is 3.36. The van der Waals surface area contributed by atoms with E-state index in [-0.39, 0.29) is 11.7 Å². The van der Waals surface area contributed by atoms with Gasteiger partial charge in [0.2, 0.25) is 0 Å². The van der Waals surface area contributed by atoms with Gasteiger partial charge in [0.1, 0.15) is 11.8 Å². The molecule has 144 valence electrons. The van der Waals surface area contributed by atoms with Gasteiger partial charge in [-0.25, -0.2) is 4.98 Å². The molecule has 1 aliphatic heterocycles. The number of nitriles is 1. The molecule has 0 N–H and O–H groups in total. The second-order valence-corrected chi connectivity index (χ2v) is 7.98. The van der Waals surface area contributed by atoms with Crippen LogP contribution >= 0.6 is 0 Å². The Hall–Kier alpha value is -3.26. The smallest absolute Gasteiger partial charge is 0.169 e. The molecule has 2 aliphatic rings. The van der Waals surface area contributed by atoms with Gasteiger partial charge in [-0.3, -0.25) is 9.78 Å². The van der Waals surface area contributed by atoms with Crippen molar-refractivity contribution in [1.29, 1.82) is 5.26 Å². The molecule has 1 saturated heterocycles. The maximum absolute atomic E-state index is 13.0. The number of fused-ring (bicyclic) bond motifs is 1. The number of Topliss-reactive ketones (excluding diaryl/α,β-unsaturated/α-hetero) is 1. The van der Waals surface area contributed by atoms with E-state index in [0.29, 0.717) is 5.69 Å². The first kappa shape index (κ1) is 17.8. The van der Waals surface area contributed by atoms with E-state index in [2.05, 4.69) is 27.0 Å². The van der Waals surface area contributed by atoms with Crippen molar-refractivity contribution >= 4 is 22.4 Å². The molecular formula is C24H22N4O. The average molecular weight is 382 g/mol. The third-order valence-electron chi connectivity index (χ3n) is 5.94. The van der Waals surface area contributed by atoms with Gasteiger partial charge in [0, 0.05) is 42.4 Å². The minimum absolute atomic E-state index is 0.170. The number of carbonyl (C=O) groups excluding carboxylic acids is 1. The molecule has 2 aromatic heterocycles. The van der Waals surface area contributed by atoms with Crippen molar-refractivity contribution in [3.05, 3.63) is 54.0 Å². The van der Waals surface area contributed by atoms with Crippen LogP contribution in [0.25, 0.3) is 22.0 Å². The van der Waals surface area contributed by atoms with Crippen LogP contribution in [-0.4, -0.2) is 28.8 Å². The highest BCUT2D eigenvalue weighted by atomic mass is 16.1. The number of nitrogens with zero attached hydrogens (tertiary/aromatic N) is 4. The molecule has 5 nitrogen and oxygen atoms in total. The van der Waals surface area contributed by atoms with Crippen molar-refractivity contribution in [3.8, 4) is 17.2 Å². The van der Waals surface area contributed by atoms with Crippen LogP contribution in [0.5, 0.6) is 0 Å². The van der Waals surface area contributed by atoms with Crippen LogP contribution in [0.2, 0.25) is 0 Å². The second-order valence-electron chi connectivity index (χ2n) is 7.98. The van der Waals surface area contributed by atoms with Gasteiger partial charge in [0.15, 0.2) is 5.78 Å². The SMILES string of the molecule is N#Cc1ccc(-c2ccc3ncc(C(=O)C4CC4)c(N4CCCCC4)c3c2)cn1. The van der Waals surface area contributed by atoms with E-state index < -0.39 is 0 Å². The third-order valence-corrected chi connectivity index (χ3v) is 5.94. The number of piperidine rings is 1. The molecule has 0 bridgehead atoms. The van der Waals surface area contributed by atoms with Crippen molar-refractivity contribution in [2.24, 2.45) is 5.92 Å². The predicted molar refractivity (Wildman–Crippen MR) is 113 cm³/mol. The Morgan fingerprint density at radius 3 is 2.48 bits per heavy atom. The summed E-state index contributed by atoms with van der Waals surface area (Å²) in [6.45, 7) is 1.96. The van der Waals surface area contributed by atoms with E-state index in [4.69, 9.17) is 5.26 Å². The quantitative estimate of drug-likeness (QED) is 0.609. The van der Waals surface area contributed by atoms with Gasteiger partial charge in [0.25, 0.3) is 0 Å². The van der Waals surface area contributed by atoms with E-state index in [1.165, 1.54) is 6.42 Å². The minimum atomic E-state index is 0.170. The summed E-state index contributed by atoms with van der Waals surface area (Å²) in [6.07, 6.45) is 9.05. The Labute approximate surface area is 170 Å². The maximum Gasteiger partial charge on any atom is 0.169 e. The number of carbonyl (C=O) groups is 1. The van der Waals surface area contributed by atoms with Crippen LogP contribution in [0.4, 0.5) is 5.69 Å². The van der Waals surface area contributed by atoms with Crippen LogP contribution in [0.3, 0.4) is 0 Å². The molecular weight excluding hydrogens is 360 g/mol. The molecule has 29 heavy (non-hydrogen) atoms. The standard InChI is InChI=1S/C24H22N4O/c25-13-19-8-6-18(14-26-19)17-7-9-22-20(12-17)23(28-10-2-1-3-11-28)21(15-27-22)24(29)16-4-5-16/h6-9,12,14-16H,1-5,10-11H2. The molecule has 0 spiro atoms. The Morgan fingerprint density at radius 1 is 1.00 bits per heavy atom. The molecule has 0 atom stereocenters. The Bertz CT molecular complexity index is 1120. The largest absolute Gasteiger partial charge is 0.370 e. The van der Waals surface area contributed by atoms with Crippen LogP contribution in [-0.2, 0) is 0 Å². The molecule has 0 amide bonds. The predicted octanol–water partition coefficient (Wildman–Crippen LogP) is 4.75. The summed E-state index contributed by atoms with van der Waals surface area (Å²) in [6, 6.07) is 11.9. The molecule has 1 saturated carbocycles. The summed E-state index contributed by atoms with van der Waals surface area (Å²) in [5.74, 6) is 0.411. The topological polar surface area (TPSA) is 69.9 Å². The van der Waals surface area contributed by atoms with Crippen LogP contribution in [0.1, 0.15) is 48.2 Å². The van der Waals surface area contributed by atoms with Crippen LogP contribution < -0.4 is 4.90 Å². The first-order chi connectivity index (χ1) is 14.2. The zero-order chi connectivity index (χ0) is 19.8. The van der Waals surface area contributed by atoms with E-state index in [0.717, 1.165) is 72.1 Å². The normalized spacial score (nSPS) is 16.6. The number of hydrogen-bond acceptors (Lipinski definition) is 5. The number of benzene rings is 1. The molecule has 3 heterocycles. The van der Waals surface area contributed by atoms with Crippen molar-refractivity contribution in [3.63, 3.8) is 0 Å². The highest BCUT2D eigenvalue weighted by Gasteiger charge is 2.33. The molecule has 0 unspecified atom stereocenters. The number of rotatable bonds is 4. The highest BCUT2D eigenvalue weighted by molar-refractivity contribution is 6.10. The average Bonchev–Trinajstić information content (AvgIpc) is 3.63. The Kier molecular flexibility index (Phi) is 4.48. The fourth-order valence-electron chi connectivity index (χ4n) is 4.19. The summed E-state index contributed by atoms with van der Waals surface area (Å²) in [5.41, 5.74) is 5.11. The van der Waals surface area contributed by atoms with Gasteiger partial charge < -0.3 is 4.90 Å². The van der Waals surface area contributed by atoms with Crippen LogP contribution in [0, 0.1) is 17.2 Å². The van der Waals surface area contributed by atoms with E-state index in [1.807, 2.05) is 18.2 Å². The number of hydrogen-bond donors (Lipinski definition) is 0. The van der Waals surface area contributed by atoms with Gasteiger partial charge >= 0.3 is 0 Å². The van der Waals surface area contributed by atoms with Crippen molar-refractivity contribution < 1.29 is 4.79 Å². The summed E-state index contributed by atoms with van der Waals surface area (Å²) >= 11 is 0. The molecule has 3 aromatic rings. The number of anilines is 1. The lowest BCUT2D eigenvalue weighted by atomic mass is 9.97. The lowest BCUT2D eigenvalue weighted by Gasteiger charge is -2.31. The monoisotopic (exact) mass is 382 g/mol. The van der Waals surface area contributed by atoms with E-state index in [1.54, 1.807) is 18.5 Å². The summed E-state index contributed by atoms with van der Waals surface area (Å²) < 4.78 is 0. The molecule has 1 aromatic carbocycles. The summed E-state index contributed by atoms with van der Waals surface area (Å²) in [5, 5.41) is 10.0. The van der Waals surface area contributed by atoms with Crippen molar-refractivity contribution in [1.82, 2.24) is 9.97 Å². The highest BCUT2D eigenvalue weighted by Crippen LogP contribution is 2.39. The van der Waals surface area contributed by atoms with Gasteiger partial charge in [0.05, 0.1) is 16.8 Å². The van der Waals surface area contributed by atoms with E-state index in [9.17, 15) is 4.79 Å². The van der Waals surface area contributed by atoms with Gasteiger partial charge in [-0.2, -0.15) is 5.26 Å². The fourth-order valence-corrected chi connectivity index (χ4v) is 4.19. The van der Waals surface area contributed by atoms with Gasteiger partial charge in [-0.05, 0) is 61.9 Å². The summed E-state index contributed by atoms with van der Waals surface area (Å²) in [7, 11) is 0. The Balaban J connectivity index is 1.67. The molecule has 2 fully saturated rings. The van der Waals surface area contributed by atoms with Crippen molar-refractivity contribution in [2.45, 2.75) is 32.1 Å². The molecule has 5 heteroatoms. The second kappa shape index (κ2) is 7.29. The zero-order valence-corrected chi connectivity index (χ0v) is 16.3. The first-order valence-corrected chi connectivity index (χ1v) is 10.3. The lowest BCUT2D eigenvalue weighted by Crippen LogP contribution is -2.31. The maximum atomic E-state index is 13.0. The fraction of sp³-hybridized carbons (Fsp3) is 0.333. The summed E-state index contributed by atoms with van der Waals surface area (Å²) in [4.78, 5) is 24.2. The molecule has 0 radical (unpaired) electrons. The van der Waals surface area contributed by atoms with Gasteiger partial charge in [-0.1, -0.05) is 6.07 Å². The zero-order valence-electron chi connectivity index (χ0n) is 16.3. The van der Waals surface area contributed by atoms with Gasteiger partial charge in [-0.15, -0.1) is 0 Å². The number of ketones is 1. The lowest BCUT2D eigenvalue weighted by molar-refractivity contribution is 0.0968. The number of aromatic nitrogens is 2. The molecule has 1 aliphatic carbocycles. The molecule has 5 rings (SSSR count). The van der Waals surface area contributed by atoms with Crippen molar-refractivity contribution in [2.75, 3.05) is 18.0 Å². The van der Waals surface area contributed by atoms with Crippen LogP contribution in [0.15, 0.2) is 42.7 Å². The Morgan fingerprint density at radius 2 is 1.79 bits per heavy atom. The first-order valence-electron chi connectivity index (χ1n) is 10.3. The minimum Gasteiger partial charge on any atom is -0.370 e. The number of pyridine rings is 2.